The van der Waals surface area contributed by atoms with Crippen molar-refractivity contribution in [2.45, 2.75) is 41.0 Å². The maximum Gasteiger partial charge on any atom is 0.278 e. The molecule has 182 valence electrons. The highest BCUT2D eigenvalue weighted by molar-refractivity contribution is 6.36. The van der Waals surface area contributed by atoms with Crippen molar-refractivity contribution in [3.8, 4) is 11.5 Å². The van der Waals surface area contributed by atoms with Gasteiger partial charge in [0.25, 0.3) is 11.8 Å². The summed E-state index contributed by atoms with van der Waals surface area (Å²) in [5.41, 5.74) is 4.16. The molecule has 0 saturated carbocycles. The van der Waals surface area contributed by atoms with Crippen molar-refractivity contribution in [1.82, 2.24) is 4.90 Å². The van der Waals surface area contributed by atoms with E-state index in [4.69, 9.17) is 14.2 Å². The van der Waals surface area contributed by atoms with Gasteiger partial charge in [-0.1, -0.05) is 18.2 Å². The fourth-order valence-electron chi connectivity index (χ4n) is 3.80. The second-order valence-electron chi connectivity index (χ2n) is 8.01. The average Bonchev–Trinajstić information content (AvgIpc) is 3.04. The molecule has 0 spiro atoms. The van der Waals surface area contributed by atoms with E-state index >= 15 is 0 Å². The van der Waals surface area contributed by atoms with Crippen LogP contribution >= 0.6 is 0 Å². The van der Waals surface area contributed by atoms with Gasteiger partial charge in [-0.3, -0.25) is 14.5 Å². The average molecular weight is 467 g/mol. The lowest BCUT2D eigenvalue weighted by Gasteiger charge is -2.16. The van der Waals surface area contributed by atoms with Crippen molar-refractivity contribution >= 4 is 23.1 Å². The third-order valence-electron chi connectivity index (χ3n) is 5.65. The van der Waals surface area contributed by atoms with Crippen LogP contribution in [0.5, 0.6) is 11.5 Å². The number of hydrogen-bond acceptors (Lipinski definition) is 6. The summed E-state index contributed by atoms with van der Waals surface area (Å²) in [6.07, 6.45) is 0.580. The lowest BCUT2D eigenvalue weighted by Crippen LogP contribution is -2.34. The van der Waals surface area contributed by atoms with Crippen LogP contribution in [0.15, 0.2) is 42.1 Å². The summed E-state index contributed by atoms with van der Waals surface area (Å²) in [4.78, 5) is 28.1. The predicted molar refractivity (Wildman–Crippen MR) is 133 cm³/mol. The van der Waals surface area contributed by atoms with Crippen LogP contribution in [0.1, 0.15) is 43.9 Å². The highest BCUT2D eigenvalue weighted by Crippen LogP contribution is 2.35. The molecule has 1 aliphatic rings. The summed E-state index contributed by atoms with van der Waals surface area (Å²) in [5, 5.41) is 3.20. The van der Waals surface area contributed by atoms with Crippen molar-refractivity contribution in [3.63, 3.8) is 0 Å². The van der Waals surface area contributed by atoms with Crippen molar-refractivity contribution in [2.75, 3.05) is 38.3 Å². The van der Waals surface area contributed by atoms with Gasteiger partial charge in [0.15, 0.2) is 11.5 Å². The van der Waals surface area contributed by atoms with Crippen molar-refractivity contribution in [1.29, 1.82) is 0 Å². The van der Waals surface area contributed by atoms with Gasteiger partial charge < -0.3 is 19.5 Å². The second-order valence-corrected chi connectivity index (χ2v) is 8.01. The van der Waals surface area contributed by atoms with Gasteiger partial charge in [0, 0.05) is 31.5 Å². The fraction of sp³-hybridized carbons (Fsp3) is 0.407. The number of anilines is 1. The molecular formula is C27H34N2O5. The molecule has 2 aromatic carbocycles. The van der Waals surface area contributed by atoms with Gasteiger partial charge in [-0.15, -0.1) is 0 Å². The number of nitrogens with one attached hydrogen (secondary N) is 1. The molecule has 1 heterocycles. The Morgan fingerprint density at radius 1 is 0.824 bits per heavy atom. The maximum absolute atomic E-state index is 13.4. The van der Waals surface area contributed by atoms with Gasteiger partial charge in [-0.2, -0.15) is 0 Å². The van der Waals surface area contributed by atoms with E-state index in [0.717, 1.165) is 11.1 Å². The van der Waals surface area contributed by atoms with E-state index in [1.165, 1.54) is 4.90 Å². The van der Waals surface area contributed by atoms with Crippen LogP contribution in [0.3, 0.4) is 0 Å². The van der Waals surface area contributed by atoms with Crippen LogP contribution in [-0.2, 0) is 14.3 Å². The molecule has 2 aromatic rings. The molecule has 0 radical (unpaired) electrons. The van der Waals surface area contributed by atoms with Crippen molar-refractivity contribution in [3.05, 3.63) is 58.8 Å². The van der Waals surface area contributed by atoms with Gasteiger partial charge in [0.05, 0.1) is 18.8 Å². The predicted octanol–water partition coefficient (Wildman–Crippen LogP) is 4.72. The number of carbonyl (C=O) groups is 2. The van der Waals surface area contributed by atoms with Crippen LogP contribution in [0.25, 0.3) is 5.57 Å². The SMILES string of the molecule is CCOCCCN1C(=O)C(Nc2ccc(OCC)c(OCC)c2)=C(c2ccc(C)c(C)c2)C1=O. The number of nitrogens with zero attached hydrogens (tertiary/aromatic N) is 1. The topological polar surface area (TPSA) is 77.1 Å². The highest BCUT2D eigenvalue weighted by Gasteiger charge is 2.39. The molecule has 0 aliphatic carbocycles. The molecular weight excluding hydrogens is 432 g/mol. The Kier molecular flexibility index (Phi) is 8.71. The Morgan fingerprint density at radius 3 is 2.24 bits per heavy atom. The lowest BCUT2D eigenvalue weighted by atomic mass is 9.99. The van der Waals surface area contributed by atoms with Crippen molar-refractivity contribution in [2.24, 2.45) is 0 Å². The first-order chi connectivity index (χ1) is 16.4. The van der Waals surface area contributed by atoms with Gasteiger partial charge in [-0.25, -0.2) is 0 Å². The van der Waals surface area contributed by atoms with E-state index < -0.39 is 0 Å². The molecule has 1 aliphatic heterocycles. The lowest BCUT2D eigenvalue weighted by molar-refractivity contribution is -0.137. The largest absolute Gasteiger partial charge is 0.490 e. The van der Waals surface area contributed by atoms with E-state index in [2.05, 4.69) is 5.32 Å². The van der Waals surface area contributed by atoms with Crippen LogP contribution in [-0.4, -0.2) is 49.7 Å². The molecule has 3 rings (SSSR count). The molecule has 0 aromatic heterocycles. The molecule has 1 N–H and O–H groups in total. The molecule has 7 nitrogen and oxygen atoms in total. The number of aryl methyl sites for hydroxylation is 2. The standard InChI is InChI=1S/C27H34N2O5/c1-6-32-15-9-14-29-26(30)24(20-11-10-18(4)19(5)16-20)25(27(29)31)28-21-12-13-22(33-7-2)23(17-21)34-8-3/h10-13,16-17,28H,6-9,14-15H2,1-5H3. The molecule has 0 atom stereocenters. The van der Waals surface area contributed by atoms with E-state index in [9.17, 15) is 9.59 Å². The van der Waals surface area contributed by atoms with Crippen molar-refractivity contribution < 1.29 is 23.8 Å². The Morgan fingerprint density at radius 2 is 1.56 bits per heavy atom. The monoisotopic (exact) mass is 466 g/mol. The van der Waals surface area contributed by atoms with Gasteiger partial charge in [0.2, 0.25) is 0 Å². The Labute approximate surface area is 201 Å². The second kappa shape index (κ2) is 11.7. The number of rotatable bonds is 12. The Bertz CT molecular complexity index is 1080. The first kappa shape index (κ1) is 25.3. The number of benzene rings is 2. The van der Waals surface area contributed by atoms with Crippen LogP contribution in [0, 0.1) is 13.8 Å². The summed E-state index contributed by atoms with van der Waals surface area (Å²) >= 11 is 0. The third-order valence-corrected chi connectivity index (χ3v) is 5.65. The van der Waals surface area contributed by atoms with Crippen LogP contribution < -0.4 is 14.8 Å². The minimum atomic E-state index is -0.346. The zero-order valence-corrected chi connectivity index (χ0v) is 20.7. The molecule has 0 fully saturated rings. The fourth-order valence-corrected chi connectivity index (χ4v) is 3.80. The van der Waals surface area contributed by atoms with Gasteiger partial charge in [0.1, 0.15) is 5.70 Å². The van der Waals surface area contributed by atoms with Crippen LogP contribution in [0.4, 0.5) is 5.69 Å². The molecule has 0 saturated heterocycles. The summed E-state index contributed by atoms with van der Waals surface area (Å²) in [5.74, 6) is 0.558. The molecule has 0 bridgehead atoms. The first-order valence-corrected chi connectivity index (χ1v) is 11.8. The summed E-state index contributed by atoms with van der Waals surface area (Å²) < 4.78 is 16.8. The summed E-state index contributed by atoms with van der Waals surface area (Å²) in [6.45, 7) is 12.1. The zero-order chi connectivity index (χ0) is 24.7. The molecule has 34 heavy (non-hydrogen) atoms. The number of amides is 2. The molecule has 2 amide bonds. The number of imide groups is 1. The number of hydrogen-bond donors (Lipinski definition) is 1. The van der Waals surface area contributed by atoms with Crippen LogP contribution in [0.2, 0.25) is 0 Å². The van der Waals surface area contributed by atoms with E-state index in [-0.39, 0.29) is 17.5 Å². The molecule has 7 heteroatoms. The summed E-state index contributed by atoms with van der Waals surface area (Å²) in [6, 6.07) is 11.2. The normalized spacial score (nSPS) is 13.6. The van der Waals surface area contributed by atoms with Gasteiger partial charge >= 0.3 is 0 Å². The van der Waals surface area contributed by atoms with E-state index in [1.54, 1.807) is 12.1 Å². The first-order valence-electron chi connectivity index (χ1n) is 11.8. The molecule has 0 unspecified atom stereocenters. The summed E-state index contributed by atoms with van der Waals surface area (Å²) in [7, 11) is 0. The third kappa shape index (κ3) is 5.59. The van der Waals surface area contributed by atoms with Gasteiger partial charge in [-0.05, 0) is 69.9 Å². The highest BCUT2D eigenvalue weighted by atomic mass is 16.5. The smallest absolute Gasteiger partial charge is 0.278 e. The Balaban J connectivity index is 1.99. The van der Waals surface area contributed by atoms with E-state index in [1.807, 2.05) is 58.9 Å². The zero-order valence-electron chi connectivity index (χ0n) is 20.7. The number of carbonyl (C=O) groups excluding carboxylic acids is 2. The number of ether oxygens (including phenoxy) is 3. The minimum absolute atomic E-state index is 0.260. The maximum atomic E-state index is 13.4. The van der Waals surface area contributed by atoms with E-state index in [0.29, 0.717) is 67.7 Å². The minimum Gasteiger partial charge on any atom is -0.490 e. The quantitative estimate of drug-likeness (QED) is 0.360. The Hall–Kier alpha value is -3.32.